The summed E-state index contributed by atoms with van der Waals surface area (Å²) in [4.78, 5) is 19.7. The quantitative estimate of drug-likeness (QED) is 0.616. The Bertz CT molecular complexity index is 658. The highest BCUT2D eigenvalue weighted by atomic mass is 32.1. The molecule has 0 bridgehead atoms. The summed E-state index contributed by atoms with van der Waals surface area (Å²) in [6.45, 7) is 16.8. The highest BCUT2D eigenvalue weighted by molar-refractivity contribution is 7.80. The average molecular weight is 301 g/mol. The van der Waals surface area contributed by atoms with Crippen LogP contribution in [0.2, 0.25) is 0 Å². The topological polar surface area (TPSA) is 27.9 Å². The molecule has 4 nitrogen and oxygen atoms in total. The van der Waals surface area contributed by atoms with Gasteiger partial charge < -0.3 is 4.90 Å². The summed E-state index contributed by atoms with van der Waals surface area (Å²) >= 11 is 5.52. The van der Waals surface area contributed by atoms with Gasteiger partial charge in [-0.15, -0.1) is 0 Å². The SMILES string of the molecule is [C-]#[N+]c1ccc(N2C(=O)C(C)(C)N(C(C)C)C2=S)cc1C. The Morgan fingerprint density at radius 2 is 1.95 bits per heavy atom. The summed E-state index contributed by atoms with van der Waals surface area (Å²) in [5.41, 5.74) is 1.51. The van der Waals surface area contributed by atoms with Crippen LogP contribution in [0.1, 0.15) is 33.3 Å². The van der Waals surface area contributed by atoms with E-state index in [2.05, 4.69) is 4.85 Å². The van der Waals surface area contributed by atoms with Gasteiger partial charge in [-0.1, -0.05) is 6.07 Å². The standard InChI is InChI=1S/C16H19N3OS/c1-10(2)19-15(21)18(14(20)16(19,4)5)12-7-8-13(17-6)11(3)9-12/h7-10H,1-5H3. The second-order valence-electron chi connectivity index (χ2n) is 6.03. The Balaban J connectivity index is 2.50. The lowest BCUT2D eigenvalue weighted by Gasteiger charge is -2.33. The fraction of sp³-hybridized carbons (Fsp3) is 0.438. The van der Waals surface area contributed by atoms with E-state index in [9.17, 15) is 4.79 Å². The Morgan fingerprint density at radius 1 is 1.33 bits per heavy atom. The van der Waals surface area contributed by atoms with Crippen molar-refractivity contribution in [2.45, 2.75) is 46.2 Å². The number of thiocarbonyl (C=S) groups is 1. The largest absolute Gasteiger partial charge is 0.332 e. The summed E-state index contributed by atoms with van der Waals surface area (Å²) in [6, 6.07) is 5.51. The number of carbonyl (C=O) groups is 1. The minimum absolute atomic E-state index is 0.0313. The third-order valence-electron chi connectivity index (χ3n) is 3.80. The van der Waals surface area contributed by atoms with Crippen molar-refractivity contribution >= 4 is 34.6 Å². The molecule has 5 heteroatoms. The number of nitrogens with zero attached hydrogens (tertiary/aromatic N) is 3. The summed E-state index contributed by atoms with van der Waals surface area (Å²) in [7, 11) is 0. The molecule has 1 saturated heterocycles. The van der Waals surface area contributed by atoms with Gasteiger partial charge >= 0.3 is 0 Å². The van der Waals surface area contributed by atoms with Crippen LogP contribution in [-0.2, 0) is 4.79 Å². The van der Waals surface area contributed by atoms with Gasteiger partial charge in [0.15, 0.2) is 10.8 Å². The molecule has 0 aliphatic carbocycles. The summed E-state index contributed by atoms with van der Waals surface area (Å²) < 4.78 is 0. The van der Waals surface area contributed by atoms with Crippen LogP contribution in [0, 0.1) is 13.5 Å². The molecule has 110 valence electrons. The van der Waals surface area contributed by atoms with Crippen LogP contribution in [0.3, 0.4) is 0 Å². The van der Waals surface area contributed by atoms with Crippen LogP contribution in [0.25, 0.3) is 4.85 Å². The lowest BCUT2D eigenvalue weighted by Crippen LogP contribution is -2.47. The molecule has 1 heterocycles. The second-order valence-corrected chi connectivity index (χ2v) is 6.39. The molecule has 1 fully saturated rings. The van der Waals surface area contributed by atoms with Crippen LogP contribution in [0.5, 0.6) is 0 Å². The predicted octanol–water partition coefficient (Wildman–Crippen LogP) is 3.67. The molecule has 0 spiro atoms. The Labute approximate surface area is 131 Å². The molecular weight excluding hydrogens is 282 g/mol. The molecule has 1 aromatic rings. The molecule has 0 radical (unpaired) electrons. The van der Waals surface area contributed by atoms with Gasteiger partial charge in [-0.05, 0) is 64.5 Å². The van der Waals surface area contributed by atoms with E-state index in [4.69, 9.17) is 18.8 Å². The van der Waals surface area contributed by atoms with Gasteiger partial charge in [0, 0.05) is 11.7 Å². The third-order valence-corrected chi connectivity index (χ3v) is 4.18. The van der Waals surface area contributed by atoms with E-state index in [0.717, 1.165) is 11.3 Å². The molecule has 0 aromatic heterocycles. The van der Waals surface area contributed by atoms with Crippen molar-refractivity contribution in [1.29, 1.82) is 0 Å². The van der Waals surface area contributed by atoms with E-state index >= 15 is 0 Å². The molecule has 0 saturated carbocycles. The molecule has 1 aliphatic heterocycles. The molecule has 1 amide bonds. The van der Waals surface area contributed by atoms with Crippen molar-refractivity contribution in [3.05, 3.63) is 35.2 Å². The molecule has 1 aromatic carbocycles. The predicted molar refractivity (Wildman–Crippen MR) is 88.6 cm³/mol. The number of hydrogen-bond donors (Lipinski definition) is 0. The van der Waals surface area contributed by atoms with Crippen molar-refractivity contribution in [3.63, 3.8) is 0 Å². The third kappa shape index (κ3) is 2.30. The minimum atomic E-state index is -0.655. The fourth-order valence-corrected chi connectivity index (χ4v) is 3.44. The maximum Gasteiger partial charge on any atom is 0.258 e. The number of aryl methyl sites for hydroxylation is 1. The first-order valence-electron chi connectivity index (χ1n) is 6.87. The lowest BCUT2D eigenvalue weighted by atomic mass is 10.0. The molecule has 0 N–H and O–H groups in total. The van der Waals surface area contributed by atoms with Gasteiger partial charge in [0.2, 0.25) is 0 Å². The maximum atomic E-state index is 12.8. The number of amides is 1. The first kappa shape index (κ1) is 15.5. The molecule has 21 heavy (non-hydrogen) atoms. The van der Waals surface area contributed by atoms with Crippen molar-refractivity contribution in [3.8, 4) is 0 Å². The summed E-state index contributed by atoms with van der Waals surface area (Å²) in [6.07, 6.45) is 0. The van der Waals surface area contributed by atoms with Crippen LogP contribution < -0.4 is 4.90 Å². The van der Waals surface area contributed by atoms with Crippen molar-refractivity contribution in [2.24, 2.45) is 0 Å². The highest BCUT2D eigenvalue weighted by Crippen LogP contribution is 2.35. The molecule has 1 aliphatic rings. The summed E-state index contributed by atoms with van der Waals surface area (Å²) in [5.74, 6) is -0.0313. The average Bonchev–Trinajstić information content (AvgIpc) is 2.55. The van der Waals surface area contributed by atoms with Gasteiger partial charge in [0.1, 0.15) is 5.54 Å². The van der Waals surface area contributed by atoms with Crippen molar-refractivity contribution < 1.29 is 4.79 Å². The highest BCUT2D eigenvalue weighted by Gasteiger charge is 2.50. The van der Waals surface area contributed by atoms with Gasteiger partial charge in [-0.2, -0.15) is 0 Å². The first-order valence-corrected chi connectivity index (χ1v) is 7.28. The van der Waals surface area contributed by atoms with E-state index in [1.54, 1.807) is 17.0 Å². The zero-order chi connectivity index (χ0) is 15.9. The van der Waals surface area contributed by atoms with Gasteiger partial charge in [-0.3, -0.25) is 9.69 Å². The van der Waals surface area contributed by atoms with E-state index in [1.807, 2.05) is 45.6 Å². The fourth-order valence-electron chi connectivity index (χ4n) is 2.81. The van der Waals surface area contributed by atoms with E-state index in [-0.39, 0.29) is 11.9 Å². The van der Waals surface area contributed by atoms with Crippen LogP contribution in [0.15, 0.2) is 18.2 Å². The lowest BCUT2D eigenvalue weighted by molar-refractivity contribution is -0.123. The van der Waals surface area contributed by atoms with Crippen molar-refractivity contribution in [2.75, 3.05) is 4.90 Å². The van der Waals surface area contributed by atoms with Gasteiger partial charge in [0.05, 0.1) is 6.57 Å². The van der Waals surface area contributed by atoms with E-state index in [1.165, 1.54) is 0 Å². The van der Waals surface area contributed by atoms with Crippen molar-refractivity contribution in [1.82, 2.24) is 4.90 Å². The molecule has 0 unspecified atom stereocenters. The van der Waals surface area contributed by atoms with E-state index in [0.29, 0.717) is 10.8 Å². The number of anilines is 1. The van der Waals surface area contributed by atoms with Gasteiger partial charge in [-0.25, -0.2) is 4.85 Å². The molecule has 0 atom stereocenters. The first-order chi connectivity index (χ1) is 9.71. The Kier molecular flexibility index (Phi) is 3.77. The molecule has 2 rings (SSSR count). The van der Waals surface area contributed by atoms with Crippen LogP contribution >= 0.6 is 12.2 Å². The zero-order valence-corrected chi connectivity index (χ0v) is 13.8. The van der Waals surface area contributed by atoms with Crippen LogP contribution in [0.4, 0.5) is 11.4 Å². The van der Waals surface area contributed by atoms with Crippen LogP contribution in [-0.4, -0.2) is 27.5 Å². The Morgan fingerprint density at radius 3 is 2.38 bits per heavy atom. The Hall–Kier alpha value is -1.93. The monoisotopic (exact) mass is 301 g/mol. The van der Waals surface area contributed by atoms with Gasteiger partial charge in [0.25, 0.3) is 5.91 Å². The van der Waals surface area contributed by atoms with E-state index < -0.39 is 5.54 Å². The maximum absolute atomic E-state index is 12.8. The summed E-state index contributed by atoms with van der Waals surface area (Å²) in [5, 5.41) is 0.523. The molecular formula is C16H19N3OS. The normalized spacial score (nSPS) is 17.6. The number of rotatable bonds is 2. The smallest absolute Gasteiger partial charge is 0.258 e. The second kappa shape index (κ2) is 5.12. The number of carbonyl (C=O) groups excluding carboxylic acids is 1. The number of hydrogen-bond acceptors (Lipinski definition) is 2. The number of benzene rings is 1. The minimum Gasteiger partial charge on any atom is -0.332 e. The zero-order valence-electron chi connectivity index (χ0n) is 13.0.